The maximum atomic E-state index is 5.34. The molecule has 2 heteroatoms. The fourth-order valence-electron chi connectivity index (χ4n) is 2.21. The van der Waals surface area contributed by atoms with Gasteiger partial charge in [0, 0.05) is 25.0 Å². The van der Waals surface area contributed by atoms with Gasteiger partial charge in [-0.15, -0.1) is 12.3 Å². The molecule has 1 N–H and O–H groups in total. The summed E-state index contributed by atoms with van der Waals surface area (Å²) >= 11 is 0. The van der Waals surface area contributed by atoms with Gasteiger partial charge in [-0.25, -0.2) is 0 Å². The molecule has 1 fully saturated rings. The van der Waals surface area contributed by atoms with Crippen molar-refractivity contribution < 1.29 is 0 Å². The van der Waals surface area contributed by atoms with Crippen LogP contribution in [0.3, 0.4) is 0 Å². The number of nitrogens with one attached hydrogen (secondary N) is 1. The zero-order valence-electron chi connectivity index (χ0n) is 10.1. The molecule has 15 heavy (non-hydrogen) atoms. The van der Waals surface area contributed by atoms with Gasteiger partial charge in [0.15, 0.2) is 0 Å². The normalized spacial score (nSPS) is 24.7. The molecule has 1 aliphatic rings. The van der Waals surface area contributed by atoms with Crippen LogP contribution in [0.15, 0.2) is 0 Å². The number of hydrogen-bond acceptors (Lipinski definition) is 2. The van der Waals surface area contributed by atoms with Crippen LogP contribution in [0.2, 0.25) is 0 Å². The molecule has 0 spiro atoms. The first-order valence-corrected chi connectivity index (χ1v) is 6.15. The van der Waals surface area contributed by atoms with Crippen LogP contribution in [0.4, 0.5) is 0 Å². The van der Waals surface area contributed by atoms with E-state index in [2.05, 4.69) is 30.1 Å². The Balaban J connectivity index is 2.25. The van der Waals surface area contributed by atoms with Gasteiger partial charge in [-0.1, -0.05) is 13.3 Å². The predicted molar refractivity (Wildman–Crippen MR) is 65.8 cm³/mol. The minimum absolute atomic E-state index is 0.505. The first kappa shape index (κ1) is 12.5. The van der Waals surface area contributed by atoms with Crippen molar-refractivity contribution in [2.45, 2.75) is 51.1 Å². The number of rotatable bonds is 5. The number of piperidine rings is 1. The Morgan fingerprint density at radius 1 is 1.53 bits per heavy atom. The van der Waals surface area contributed by atoms with E-state index in [9.17, 15) is 0 Å². The summed E-state index contributed by atoms with van der Waals surface area (Å²) in [6.45, 7) is 4.54. The maximum Gasteiger partial charge on any atom is 0.0240 e. The summed E-state index contributed by atoms with van der Waals surface area (Å²) in [4.78, 5) is 2.47. The molecule has 0 radical (unpaired) electrons. The van der Waals surface area contributed by atoms with E-state index < -0.39 is 0 Å². The summed E-state index contributed by atoms with van der Waals surface area (Å²) in [5.41, 5.74) is 0. The van der Waals surface area contributed by atoms with Gasteiger partial charge >= 0.3 is 0 Å². The van der Waals surface area contributed by atoms with Crippen LogP contribution >= 0.6 is 0 Å². The van der Waals surface area contributed by atoms with Crippen molar-refractivity contribution in [3.05, 3.63) is 0 Å². The van der Waals surface area contributed by atoms with Crippen LogP contribution in [-0.2, 0) is 0 Å². The van der Waals surface area contributed by atoms with Gasteiger partial charge in [0.1, 0.15) is 0 Å². The molecule has 0 aromatic carbocycles. The molecule has 0 amide bonds. The van der Waals surface area contributed by atoms with Crippen molar-refractivity contribution in [3.8, 4) is 12.3 Å². The second-order valence-electron chi connectivity index (χ2n) is 4.55. The summed E-state index contributed by atoms with van der Waals surface area (Å²) in [7, 11) is 2.23. The van der Waals surface area contributed by atoms with Gasteiger partial charge in [0.05, 0.1) is 0 Å². The molecule has 1 rings (SSSR count). The topological polar surface area (TPSA) is 15.3 Å². The minimum atomic E-state index is 0.505. The Hall–Kier alpha value is -0.520. The van der Waals surface area contributed by atoms with E-state index in [-0.39, 0.29) is 0 Å². The summed E-state index contributed by atoms with van der Waals surface area (Å²) in [5.74, 6) is 2.74. The smallest absolute Gasteiger partial charge is 0.0240 e. The third kappa shape index (κ3) is 4.24. The number of terminal acetylenes is 1. The molecule has 2 unspecified atom stereocenters. The van der Waals surface area contributed by atoms with Gasteiger partial charge in [-0.2, -0.15) is 0 Å². The summed E-state index contributed by atoms with van der Waals surface area (Å²) < 4.78 is 0. The molecule has 0 aromatic rings. The molecule has 2 nitrogen and oxygen atoms in total. The second-order valence-corrected chi connectivity index (χ2v) is 4.55. The van der Waals surface area contributed by atoms with Crippen LogP contribution in [-0.4, -0.2) is 37.1 Å². The molecule has 0 saturated carbocycles. The Labute approximate surface area is 94.4 Å². The molecule has 1 heterocycles. The van der Waals surface area contributed by atoms with Crippen LogP contribution in [0.1, 0.15) is 39.0 Å². The van der Waals surface area contributed by atoms with Gasteiger partial charge in [-0.3, -0.25) is 0 Å². The van der Waals surface area contributed by atoms with Crippen molar-refractivity contribution in [1.82, 2.24) is 10.2 Å². The summed E-state index contributed by atoms with van der Waals surface area (Å²) in [5, 5.41) is 3.59. The summed E-state index contributed by atoms with van der Waals surface area (Å²) in [6, 6.07) is 1.22. The average Bonchev–Trinajstić information content (AvgIpc) is 2.26. The van der Waals surface area contributed by atoms with Gasteiger partial charge in [0.2, 0.25) is 0 Å². The van der Waals surface area contributed by atoms with E-state index in [0.29, 0.717) is 12.1 Å². The molecule has 1 saturated heterocycles. The van der Waals surface area contributed by atoms with Crippen molar-refractivity contribution in [2.24, 2.45) is 0 Å². The lowest BCUT2D eigenvalue weighted by molar-refractivity contribution is 0.177. The Kier molecular flexibility index (Phi) is 5.75. The first-order chi connectivity index (χ1) is 7.27. The third-order valence-corrected chi connectivity index (χ3v) is 3.42. The third-order valence-electron chi connectivity index (χ3n) is 3.42. The fraction of sp³-hybridized carbons (Fsp3) is 0.846. The number of hydrogen-bond donors (Lipinski definition) is 1. The number of likely N-dealkylation sites (N-methyl/N-ethyl adjacent to an activating group) is 1. The lowest BCUT2D eigenvalue weighted by Gasteiger charge is -2.33. The highest BCUT2D eigenvalue weighted by molar-refractivity contribution is 4.90. The molecule has 86 valence electrons. The highest BCUT2D eigenvalue weighted by atomic mass is 15.2. The molecule has 1 aliphatic heterocycles. The molecule has 0 aromatic heterocycles. The van der Waals surface area contributed by atoms with Crippen LogP contribution < -0.4 is 5.32 Å². The minimum Gasteiger partial charge on any atom is -0.311 e. The van der Waals surface area contributed by atoms with Crippen molar-refractivity contribution in [2.75, 3.05) is 20.1 Å². The van der Waals surface area contributed by atoms with Gasteiger partial charge < -0.3 is 10.2 Å². The quantitative estimate of drug-likeness (QED) is 0.694. The van der Waals surface area contributed by atoms with E-state index in [1.165, 1.54) is 25.8 Å². The van der Waals surface area contributed by atoms with Crippen LogP contribution in [0.25, 0.3) is 0 Å². The first-order valence-electron chi connectivity index (χ1n) is 6.15. The van der Waals surface area contributed by atoms with Crippen molar-refractivity contribution >= 4 is 0 Å². The predicted octanol–water partition coefficient (Wildman–Crippen LogP) is 1.86. The Morgan fingerprint density at radius 3 is 2.93 bits per heavy atom. The van der Waals surface area contributed by atoms with Crippen molar-refractivity contribution in [3.63, 3.8) is 0 Å². The fourth-order valence-corrected chi connectivity index (χ4v) is 2.21. The molecule has 0 bridgehead atoms. The van der Waals surface area contributed by atoms with E-state index in [4.69, 9.17) is 6.42 Å². The number of nitrogens with zero attached hydrogens (tertiary/aromatic N) is 1. The monoisotopic (exact) mass is 208 g/mol. The zero-order valence-corrected chi connectivity index (χ0v) is 10.1. The van der Waals surface area contributed by atoms with Gasteiger partial charge in [-0.05, 0) is 32.9 Å². The lowest BCUT2D eigenvalue weighted by Crippen LogP contribution is -2.45. The van der Waals surface area contributed by atoms with E-state index in [1.54, 1.807) is 0 Å². The van der Waals surface area contributed by atoms with Crippen LogP contribution in [0.5, 0.6) is 0 Å². The lowest BCUT2D eigenvalue weighted by atomic mass is 10.0. The van der Waals surface area contributed by atoms with Gasteiger partial charge in [0.25, 0.3) is 0 Å². The molecular weight excluding hydrogens is 184 g/mol. The van der Waals surface area contributed by atoms with E-state index >= 15 is 0 Å². The standard InChI is InChI=1S/C13H24N2/c1-4-8-12(5-2)14-11-13-9-6-7-10-15(13)3/h1,12-14H,5-11H2,2-3H3. The number of likely N-dealkylation sites (tertiary alicyclic amines) is 1. The Bertz CT molecular complexity index is 207. The van der Waals surface area contributed by atoms with E-state index in [0.717, 1.165) is 19.4 Å². The molecular formula is C13H24N2. The highest BCUT2D eigenvalue weighted by Gasteiger charge is 2.19. The average molecular weight is 208 g/mol. The maximum absolute atomic E-state index is 5.34. The highest BCUT2D eigenvalue weighted by Crippen LogP contribution is 2.14. The zero-order chi connectivity index (χ0) is 11.1. The second kappa shape index (κ2) is 6.87. The molecule has 2 atom stereocenters. The molecule has 0 aliphatic carbocycles. The SMILES string of the molecule is C#CCC(CC)NCC1CCCCN1C. The van der Waals surface area contributed by atoms with Crippen LogP contribution in [0, 0.1) is 12.3 Å². The van der Waals surface area contributed by atoms with E-state index in [1.807, 2.05) is 0 Å². The summed E-state index contributed by atoms with van der Waals surface area (Å²) in [6.07, 6.45) is 11.4. The largest absolute Gasteiger partial charge is 0.311 e. The Morgan fingerprint density at radius 2 is 2.33 bits per heavy atom. The van der Waals surface area contributed by atoms with Crippen molar-refractivity contribution in [1.29, 1.82) is 0 Å².